The Morgan fingerprint density at radius 3 is 1.86 bits per heavy atom. The van der Waals surface area contributed by atoms with E-state index in [1.165, 1.54) is 5.56 Å². The smallest absolute Gasteiger partial charge is 0.148 e. The van der Waals surface area contributed by atoms with Crippen LogP contribution in [-0.4, -0.2) is 19.6 Å². The van der Waals surface area contributed by atoms with Crippen molar-refractivity contribution in [3.8, 4) is 67.5 Å². The van der Waals surface area contributed by atoms with E-state index in [4.69, 9.17) is 18.2 Å². The molecule has 0 aliphatic carbocycles. The van der Waals surface area contributed by atoms with Crippen molar-refractivity contribution in [1.29, 1.82) is 0 Å². The van der Waals surface area contributed by atoms with Gasteiger partial charge in [0.1, 0.15) is 11.6 Å². The SMILES string of the molecule is [2H]c1c([2H])c([2H])c(-c2ccnc(-c3[c-]c(-c4cccc5c4nc(-c4cc(C(C)(C)C)cc(C(C)(C)C)c4O)n5-c4ccc(C([2H])(C)C)cc4-c4ccc(C(C)(C)C)cc4)cc(C(C)(C)C)c3)c2)c([2H])c1[2H].[Pt]. The maximum absolute atomic E-state index is 12.6. The molecule has 2 aromatic heterocycles. The monoisotopic (exact) mass is 1060 g/mol. The largest absolute Gasteiger partial charge is 0.507 e. The third kappa shape index (κ3) is 9.63. The normalized spacial score (nSPS) is 13.9. The zero-order valence-corrected chi connectivity index (χ0v) is 43.2. The fraction of sp³-hybridized carbons (Fsp3) is 0.311. The van der Waals surface area contributed by atoms with Crippen LogP contribution in [0.15, 0.2) is 133 Å². The number of benzene rings is 6. The molecule has 1 N–H and O–H groups in total. The molecule has 0 unspecified atom stereocenters. The fourth-order valence-corrected chi connectivity index (χ4v) is 8.39. The first-order valence-corrected chi connectivity index (χ1v) is 22.6. The molecular formula is C61H66N3OPt-. The number of imidazole rings is 1. The number of nitrogens with zero attached hydrogens (tertiary/aromatic N) is 3. The minimum atomic E-state index is -0.888. The van der Waals surface area contributed by atoms with Crippen molar-refractivity contribution in [2.75, 3.05) is 0 Å². The number of aromatic nitrogens is 3. The Hall–Kier alpha value is -5.57. The molecule has 0 saturated heterocycles. The van der Waals surface area contributed by atoms with Gasteiger partial charge < -0.3 is 5.11 Å². The quantitative estimate of drug-likeness (QED) is 0.162. The van der Waals surface area contributed by atoms with Crippen LogP contribution in [0.5, 0.6) is 5.75 Å². The second-order valence-corrected chi connectivity index (χ2v) is 21.8. The summed E-state index contributed by atoms with van der Waals surface area (Å²) < 4.78 is 53.7. The molecule has 0 radical (unpaired) electrons. The van der Waals surface area contributed by atoms with E-state index in [9.17, 15) is 5.11 Å². The molecule has 0 fully saturated rings. The summed E-state index contributed by atoms with van der Waals surface area (Å²) in [7, 11) is 0. The average Bonchev–Trinajstić information content (AvgIpc) is 3.68. The van der Waals surface area contributed by atoms with Gasteiger partial charge in [-0.25, -0.2) is 4.98 Å². The molecule has 8 rings (SSSR count). The number of hydrogen-bond donors (Lipinski definition) is 1. The van der Waals surface area contributed by atoms with Crippen LogP contribution in [-0.2, 0) is 42.7 Å². The average molecular weight is 1060 g/mol. The third-order valence-corrected chi connectivity index (χ3v) is 12.4. The van der Waals surface area contributed by atoms with Gasteiger partial charge in [0.25, 0.3) is 0 Å². The Kier molecular flexibility index (Phi) is 11.0. The number of para-hydroxylation sites is 1. The summed E-state index contributed by atoms with van der Waals surface area (Å²) in [6, 6.07) is 34.8. The Morgan fingerprint density at radius 1 is 0.606 bits per heavy atom. The molecule has 342 valence electrons. The first kappa shape index (κ1) is 40.7. The van der Waals surface area contributed by atoms with Crippen molar-refractivity contribution in [2.45, 2.75) is 124 Å². The summed E-state index contributed by atoms with van der Waals surface area (Å²) >= 11 is 0. The van der Waals surface area contributed by atoms with Crippen molar-refractivity contribution in [1.82, 2.24) is 14.5 Å². The van der Waals surface area contributed by atoms with E-state index < -0.39 is 29.4 Å². The number of pyridine rings is 1. The molecular weight excluding hydrogens is 986 g/mol. The Balaban J connectivity index is 0.00000760. The van der Waals surface area contributed by atoms with Crippen LogP contribution in [0.2, 0.25) is 0 Å². The van der Waals surface area contributed by atoms with E-state index in [-0.39, 0.29) is 60.7 Å². The summed E-state index contributed by atoms with van der Waals surface area (Å²) in [5.74, 6) is -0.161. The van der Waals surface area contributed by atoms with Crippen molar-refractivity contribution in [3.63, 3.8) is 0 Å². The summed E-state index contributed by atoms with van der Waals surface area (Å²) in [5, 5.41) is 12.6. The van der Waals surface area contributed by atoms with Gasteiger partial charge in [0.2, 0.25) is 0 Å². The van der Waals surface area contributed by atoms with Crippen LogP contribution in [0.4, 0.5) is 0 Å². The van der Waals surface area contributed by atoms with Gasteiger partial charge >= 0.3 is 0 Å². The molecule has 0 bridgehead atoms. The molecule has 6 aromatic carbocycles. The molecule has 0 spiro atoms. The van der Waals surface area contributed by atoms with Gasteiger partial charge in [-0.2, -0.15) is 0 Å². The van der Waals surface area contributed by atoms with E-state index in [1.807, 2.05) is 32.0 Å². The van der Waals surface area contributed by atoms with Crippen LogP contribution < -0.4 is 0 Å². The first-order valence-electron chi connectivity index (χ1n) is 25.6. The van der Waals surface area contributed by atoms with Gasteiger partial charge in [-0.05, 0) is 91.3 Å². The summed E-state index contributed by atoms with van der Waals surface area (Å²) in [6.45, 7) is 29.8. The van der Waals surface area contributed by atoms with Crippen molar-refractivity contribution in [3.05, 3.63) is 167 Å². The van der Waals surface area contributed by atoms with Gasteiger partial charge in [0, 0.05) is 45.5 Å². The number of aromatic hydroxyl groups is 1. The van der Waals surface area contributed by atoms with Crippen LogP contribution in [0.3, 0.4) is 0 Å². The van der Waals surface area contributed by atoms with Gasteiger partial charge in [0.05, 0.1) is 29.1 Å². The number of phenols is 1. The van der Waals surface area contributed by atoms with Gasteiger partial charge in [-0.3, -0.25) is 9.55 Å². The van der Waals surface area contributed by atoms with Gasteiger partial charge in [0.15, 0.2) is 0 Å². The maximum atomic E-state index is 12.6. The van der Waals surface area contributed by atoms with E-state index >= 15 is 0 Å². The molecule has 0 saturated carbocycles. The fourth-order valence-electron chi connectivity index (χ4n) is 8.39. The summed E-state index contributed by atoms with van der Waals surface area (Å²) in [5.41, 5.74) is 12.1. The summed E-state index contributed by atoms with van der Waals surface area (Å²) in [4.78, 5) is 10.4. The minimum absolute atomic E-state index is 0. The Labute approximate surface area is 417 Å². The maximum Gasteiger partial charge on any atom is 0.148 e. The van der Waals surface area contributed by atoms with Gasteiger partial charge in [-0.15, -0.1) is 29.3 Å². The van der Waals surface area contributed by atoms with Crippen molar-refractivity contribution < 1.29 is 34.4 Å². The van der Waals surface area contributed by atoms with Crippen LogP contribution in [0, 0.1) is 6.07 Å². The molecule has 0 aliphatic heterocycles. The minimum Gasteiger partial charge on any atom is -0.507 e. The molecule has 0 aliphatic rings. The first-order chi connectivity index (χ1) is 32.9. The third-order valence-electron chi connectivity index (χ3n) is 12.4. The molecule has 66 heavy (non-hydrogen) atoms. The van der Waals surface area contributed by atoms with E-state index in [0.29, 0.717) is 33.7 Å². The zero-order valence-electron chi connectivity index (χ0n) is 46.9. The standard InChI is InChI=1S/C61H66N3O.Pt/c1-38(2)41-25-28-53(49(34-41)40-23-26-45(27-24-40)58(3,4)5)64-54-22-18-21-48(55(54)63-57(64)50-36-47(60(9,10)11)37-51(56(50)65)61(12,13)14)43-31-44(33-46(32-43)59(6,7)8)52-35-42(29-30-62-52)39-19-16-15-17-20-39;/h15-30,32-38,65H,1-14H3;/q-1;/i15D,16D,17D,19D,20D,38D;. The van der Waals surface area contributed by atoms with Crippen molar-refractivity contribution >= 4 is 11.0 Å². The number of fused-ring (bicyclic) bond motifs is 1. The van der Waals surface area contributed by atoms with Crippen LogP contribution in [0.1, 0.15) is 139 Å². The van der Waals surface area contributed by atoms with E-state index in [0.717, 1.165) is 55.7 Å². The van der Waals surface area contributed by atoms with Gasteiger partial charge in [-0.1, -0.05) is 193 Å². The second kappa shape index (κ2) is 17.9. The second-order valence-electron chi connectivity index (χ2n) is 21.8. The Bertz CT molecular complexity index is 3370. The predicted octanol–water partition coefficient (Wildman–Crippen LogP) is 16.6. The molecule has 0 atom stereocenters. The molecule has 0 amide bonds. The Morgan fingerprint density at radius 2 is 1.24 bits per heavy atom. The zero-order chi connectivity index (χ0) is 52.1. The molecule has 2 heterocycles. The topological polar surface area (TPSA) is 50.9 Å². The predicted molar refractivity (Wildman–Crippen MR) is 275 cm³/mol. The van der Waals surface area contributed by atoms with E-state index in [1.54, 1.807) is 18.3 Å². The molecule has 5 heteroatoms. The molecule has 8 aromatic rings. The van der Waals surface area contributed by atoms with Crippen LogP contribution in [0.25, 0.3) is 72.7 Å². The van der Waals surface area contributed by atoms with E-state index in [2.05, 4.69) is 160 Å². The molecule has 4 nitrogen and oxygen atoms in total. The number of rotatable bonds is 7. The van der Waals surface area contributed by atoms with Crippen LogP contribution >= 0.6 is 0 Å². The van der Waals surface area contributed by atoms with Crippen molar-refractivity contribution in [2.24, 2.45) is 0 Å². The summed E-state index contributed by atoms with van der Waals surface area (Å²) in [6.07, 6.45) is 1.60. The number of phenolic OH excluding ortho intramolecular Hbond substituents is 1. The number of hydrogen-bond acceptors (Lipinski definition) is 3.